The van der Waals surface area contributed by atoms with Crippen LogP contribution in [0.1, 0.15) is 27.2 Å². The molecule has 2 aromatic carbocycles. The van der Waals surface area contributed by atoms with Gasteiger partial charge in [0.15, 0.2) is 0 Å². The van der Waals surface area contributed by atoms with Gasteiger partial charge in [0.2, 0.25) is 0 Å². The highest BCUT2D eigenvalue weighted by Gasteiger charge is 2.15. The SMILES string of the molecule is Cc1ccc(CNC(=O)c2cc(-c3ccc(Cl)cc3)oc2C)cc1. The first-order valence-corrected chi connectivity index (χ1v) is 8.11. The molecule has 0 bridgehead atoms. The largest absolute Gasteiger partial charge is 0.461 e. The van der Waals surface area contributed by atoms with Gasteiger partial charge < -0.3 is 9.73 Å². The molecule has 1 aromatic heterocycles. The van der Waals surface area contributed by atoms with Crippen LogP contribution in [0.3, 0.4) is 0 Å². The molecule has 0 saturated carbocycles. The second kappa shape index (κ2) is 6.93. The lowest BCUT2D eigenvalue weighted by atomic mass is 10.1. The molecule has 0 aliphatic heterocycles. The Bertz CT molecular complexity index is 848. The zero-order valence-electron chi connectivity index (χ0n) is 13.6. The Morgan fingerprint density at radius 1 is 1.04 bits per heavy atom. The summed E-state index contributed by atoms with van der Waals surface area (Å²) in [5.41, 5.74) is 3.70. The van der Waals surface area contributed by atoms with Crippen molar-refractivity contribution in [2.75, 3.05) is 0 Å². The molecular weight excluding hydrogens is 322 g/mol. The Labute approximate surface area is 146 Å². The molecule has 0 fully saturated rings. The van der Waals surface area contributed by atoms with Crippen LogP contribution in [0.5, 0.6) is 0 Å². The second-order valence-corrected chi connectivity index (χ2v) is 6.19. The third-order valence-electron chi connectivity index (χ3n) is 3.86. The predicted molar refractivity (Wildman–Crippen MR) is 96.2 cm³/mol. The fourth-order valence-corrected chi connectivity index (χ4v) is 2.57. The van der Waals surface area contributed by atoms with Crippen LogP contribution in [-0.4, -0.2) is 5.91 Å². The van der Waals surface area contributed by atoms with Crippen molar-refractivity contribution in [2.24, 2.45) is 0 Å². The molecule has 3 aromatic rings. The first-order valence-electron chi connectivity index (χ1n) is 7.73. The maximum Gasteiger partial charge on any atom is 0.255 e. The van der Waals surface area contributed by atoms with E-state index in [1.54, 1.807) is 25.1 Å². The molecule has 122 valence electrons. The number of carbonyl (C=O) groups excluding carboxylic acids is 1. The first-order chi connectivity index (χ1) is 11.5. The van der Waals surface area contributed by atoms with Crippen molar-refractivity contribution < 1.29 is 9.21 Å². The summed E-state index contributed by atoms with van der Waals surface area (Å²) in [5.74, 6) is 1.11. The van der Waals surface area contributed by atoms with Gasteiger partial charge in [0.05, 0.1) is 5.56 Å². The summed E-state index contributed by atoms with van der Waals surface area (Å²) in [6.45, 7) is 4.32. The normalized spacial score (nSPS) is 10.6. The quantitative estimate of drug-likeness (QED) is 0.714. The monoisotopic (exact) mass is 339 g/mol. The van der Waals surface area contributed by atoms with E-state index in [0.717, 1.165) is 11.1 Å². The van der Waals surface area contributed by atoms with E-state index in [1.807, 2.05) is 43.3 Å². The second-order valence-electron chi connectivity index (χ2n) is 5.76. The Hall–Kier alpha value is -2.52. The van der Waals surface area contributed by atoms with E-state index < -0.39 is 0 Å². The van der Waals surface area contributed by atoms with Crippen molar-refractivity contribution in [3.63, 3.8) is 0 Å². The highest BCUT2D eigenvalue weighted by Crippen LogP contribution is 2.26. The molecule has 0 aliphatic carbocycles. The molecule has 0 spiro atoms. The van der Waals surface area contributed by atoms with Crippen LogP contribution in [0, 0.1) is 13.8 Å². The molecule has 1 N–H and O–H groups in total. The highest BCUT2D eigenvalue weighted by molar-refractivity contribution is 6.30. The summed E-state index contributed by atoms with van der Waals surface area (Å²) in [7, 11) is 0. The van der Waals surface area contributed by atoms with Crippen molar-refractivity contribution in [1.82, 2.24) is 5.32 Å². The van der Waals surface area contributed by atoms with E-state index in [2.05, 4.69) is 5.32 Å². The fraction of sp³-hybridized carbons (Fsp3) is 0.150. The van der Waals surface area contributed by atoms with Crippen molar-refractivity contribution in [1.29, 1.82) is 0 Å². The van der Waals surface area contributed by atoms with Crippen LogP contribution in [0.4, 0.5) is 0 Å². The van der Waals surface area contributed by atoms with E-state index in [-0.39, 0.29) is 5.91 Å². The number of halogens is 1. The third kappa shape index (κ3) is 3.69. The van der Waals surface area contributed by atoms with Crippen molar-refractivity contribution >= 4 is 17.5 Å². The van der Waals surface area contributed by atoms with Crippen LogP contribution >= 0.6 is 11.6 Å². The molecule has 3 rings (SSSR count). The smallest absolute Gasteiger partial charge is 0.255 e. The van der Waals surface area contributed by atoms with Gasteiger partial charge in [-0.1, -0.05) is 41.4 Å². The Morgan fingerprint density at radius 3 is 2.38 bits per heavy atom. The first kappa shape index (κ1) is 16.3. The van der Waals surface area contributed by atoms with Gasteiger partial charge in [-0.15, -0.1) is 0 Å². The van der Waals surface area contributed by atoms with Crippen molar-refractivity contribution in [3.8, 4) is 11.3 Å². The minimum atomic E-state index is -0.142. The number of rotatable bonds is 4. The molecule has 0 saturated heterocycles. The topological polar surface area (TPSA) is 42.2 Å². The zero-order valence-corrected chi connectivity index (χ0v) is 14.4. The summed E-state index contributed by atoms with van der Waals surface area (Å²) >= 11 is 5.90. The third-order valence-corrected chi connectivity index (χ3v) is 4.12. The number of carbonyl (C=O) groups is 1. The molecular formula is C20H18ClNO2. The molecule has 0 aliphatic rings. The summed E-state index contributed by atoms with van der Waals surface area (Å²) in [4.78, 5) is 12.4. The molecule has 4 heteroatoms. The number of hydrogen-bond donors (Lipinski definition) is 1. The van der Waals surface area contributed by atoms with Gasteiger partial charge in [0.25, 0.3) is 5.91 Å². The van der Waals surface area contributed by atoms with Gasteiger partial charge in [0, 0.05) is 17.1 Å². The van der Waals surface area contributed by atoms with Gasteiger partial charge >= 0.3 is 0 Å². The Balaban J connectivity index is 1.73. The van der Waals surface area contributed by atoms with Crippen LogP contribution in [0.25, 0.3) is 11.3 Å². The van der Waals surface area contributed by atoms with Crippen LogP contribution < -0.4 is 5.32 Å². The van der Waals surface area contributed by atoms with Gasteiger partial charge in [-0.05, 0) is 49.7 Å². The lowest BCUT2D eigenvalue weighted by Gasteiger charge is -2.04. The van der Waals surface area contributed by atoms with Gasteiger partial charge in [-0.25, -0.2) is 0 Å². The number of benzene rings is 2. The Kier molecular flexibility index (Phi) is 4.72. The van der Waals surface area contributed by atoms with E-state index in [1.165, 1.54) is 5.56 Å². The van der Waals surface area contributed by atoms with E-state index in [9.17, 15) is 4.79 Å². The van der Waals surface area contributed by atoms with Crippen LogP contribution in [0.15, 0.2) is 59.0 Å². The molecule has 3 nitrogen and oxygen atoms in total. The standard InChI is InChI=1S/C20H18ClNO2/c1-13-3-5-15(6-4-13)12-22-20(23)18-11-19(24-14(18)2)16-7-9-17(21)10-8-16/h3-11H,12H2,1-2H3,(H,22,23). The highest BCUT2D eigenvalue weighted by atomic mass is 35.5. The van der Waals surface area contributed by atoms with Crippen LogP contribution in [-0.2, 0) is 6.54 Å². The number of aryl methyl sites for hydroxylation is 2. The number of hydrogen-bond acceptors (Lipinski definition) is 2. The van der Waals surface area contributed by atoms with E-state index in [4.69, 9.17) is 16.0 Å². The average molecular weight is 340 g/mol. The maximum atomic E-state index is 12.4. The summed E-state index contributed by atoms with van der Waals surface area (Å²) in [5, 5.41) is 3.59. The maximum absolute atomic E-state index is 12.4. The van der Waals surface area contributed by atoms with E-state index in [0.29, 0.717) is 28.7 Å². The number of amides is 1. The molecule has 0 unspecified atom stereocenters. The average Bonchev–Trinajstić information content (AvgIpc) is 2.96. The molecule has 0 atom stereocenters. The minimum absolute atomic E-state index is 0.142. The fourth-order valence-electron chi connectivity index (χ4n) is 2.45. The molecule has 1 heterocycles. The summed E-state index contributed by atoms with van der Waals surface area (Å²) < 4.78 is 5.73. The molecule has 24 heavy (non-hydrogen) atoms. The zero-order chi connectivity index (χ0) is 17.1. The number of furan rings is 1. The Morgan fingerprint density at radius 2 is 1.71 bits per heavy atom. The van der Waals surface area contributed by atoms with E-state index >= 15 is 0 Å². The van der Waals surface area contributed by atoms with Gasteiger partial charge in [0.1, 0.15) is 11.5 Å². The lowest BCUT2D eigenvalue weighted by Crippen LogP contribution is -2.22. The predicted octanol–water partition coefficient (Wildman–Crippen LogP) is 5.15. The van der Waals surface area contributed by atoms with Gasteiger partial charge in [-0.3, -0.25) is 4.79 Å². The number of nitrogens with one attached hydrogen (secondary N) is 1. The van der Waals surface area contributed by atoms with Crippen molar-refractivity contribution in [3.05, 3.63) is 82.1 Å². The summed E-state index contributed by atoms with van der Waals surface area (Å²) in [6.07, 6.45) is 0. The molecule has 0 radical (unpaired) electrons. The minimum Gasteiger partial charge on any atom is -0.461 e. The van der Waals surface area contributed by atoms with Crippen LogP contribution in [0.2, 0.25) is 5.02 Å². The van der Waals surface area contributed by atoms with Gasteiger partial charge in [-0.2, -0.15) is 0 Å². The van der Waals surface area contributed by atoms with Crippen molar-refractivity contribution in [2.45, 2.75) is 20.4 Å². The lowest BCUT2D eigenvalue weighted by molar-refractivity contribution is 0.0949. The molecule has 1 amide bonds. The summed E-state index contributed by atoms with van der Waals surface area (Å²) in [6, 6.07) is 17.2.